The van der Waals surface area contributed by atoms with E-state index in [0.717, 1.165) is 11.6 Å². The summed E-state index contributed by atoms with van der Waals surface area (Å²) in [6.07, 6.45) is -3.56. The van der Waals surface area contributed by atoms with Gasteiger partial charge in [0.15, 0.2) is 0 Å². The molecule has 2 aromatic carbocycles. The second kappa shape index (κ2) is 10.3. The van der Waals surface area contributed by atoms with Crippen LogP contribution in [0.2, 0.25) is 0 Å². The third kappa shape index (κ3) is 6.74. The van der Waals surface area contributed by atoms with Gasteiger partial charge in [-0.05, 0) is 44.5 Å². The average Bonchev–Trinajstić information content (AvgIpc) is 2.76. The Kier molecular flexibility index (Phi) is 7.57. The molecule has 36 heavy (non-hydrogen) atoms. The molecule has 2 N–H and O–H groups in total. The van der Waals surface area contributed by atoms with Crippen LogP contribution in [0.1, 0.15) is 47.8 Å². The number of phenols is 1. The Morgan fingerprint density at radius 2 is 1.64 bits per heavy atom. The monoisotopic (exact) mass is 503 g/mol. The second-order valence-corrected chi connectivity index (χ2v) is 8.93. The number of aromatic nitrogens is 1. The smallest absolute Gasteiger partial charge is 0.419 e. The number of esters is 1. The van der Waals surface area contributed by atoms with E-state index in [2.05, 4.69) is 4.98 Å². The van der Waals surface area contributed by atoms with Crippen LogP contribution in [0.3, 0.4) is 0 Å². The number of ether oxygens (including phenoxy) is 2. The summed E-state index contributed by atoms with van der Waals surface area (Å²) >= 11 is 0. The fourth-order valence-corrected chi connectivity index (χ4v) is 3.30. The molecule has 10 heteroatoms. The normalized spacial score (nSPS) is 11.7. The van der Waals surface area contributed by atoms with E-state index in [1.807, 2.05) is 0 Å². The fourth-order valence-electron chi connectivity index (χ4n) is 3.30. The Morgan fingerprint density at radius 1 is 0.972 bits per heavy atom. The third-order valence-corrected chi connectivity index (χ3v) is 4.91. The summed E-state index contributed by atoms with van der Waals surface area (Å²) in [6, 6.07) is 11.8. The molecule has 0 atom stereocenters. The molecule has 1 aromatic heterocycles. The van der Waals surface area contributed by atoms with Crippen LogP contribution < -0.4 is 4.74 Å². The van der Waals surface area contributed by atoms with Gasteiger partial charge in [-0.15, -0.1) is 0 Å². The van der Waals surface area contributed by atoms with Crippen LogP contribution in [0, 0.1) is 0 Å². The van der Waals surface area contributed by atoms with Crippen molar-refractivity contribution < 1.29 is 42.4 Å². The molecule has 3 rings (SSSR count). The molecule has 0 aliphatic rings. The number of halogens is 3. The zero-order valence-corrected chi connectivity index (χ0v) is 19.7. The van der Waals surface area contributed by atoms with E-state index in [4.69, 9.17) is 14.6 Å². The Hall–Kier alpha value is -4.08. The number of alkyl halides is 3. The van der Waals surface area contributed by atoms with Crippen LogP contribution in [0.4, 0.5) is 13.2 Å². The van der Waals surface area contributed by atoms with Crippen LogP contribution in [0.5, 0.6) is 11.5 Å². The van der Waals surface area contributed by atoms with Crippen LogP contribution in [-0.4, -0.2) is 32.7 Å². The van der Waals surface area contributed by atoms with Crippen molar-refractivity contribution in [3.05, 3.63) is 77.0 Å². The lowest BCUT2D eigenvalue weighted by Gasteiger charge is -2.22. The SMILES string of the molecule is CC(C)(C)OC(=O)c1c(COc2ccc(-c3ccc(CC(=O)O)cc3)nc2)ccc(C(F)(F)F)c1O. The van der Waals surface area contributed by atoms with Crippen molar-refractivity contribution in [2.75, 3.05) is 0 Å². The molecular weight excluding hydrogens is 479 g/mol. The highest BCUT2D eigenvalue weighted by Gasteiger charge is 2.37. The molecule has 7 nitrogen and oxygen atoms in total. The summed E-state index contributed by atoms with van der Waals surface area (Å²) in [5.41, 5.74) is -0.985. The number of benzene rings is 2. The minimum Gasteiger partial charge on any atom is -0.506 e. The first-order chi connectivity index (χ1) is 16.7. The van der Waals surface area contributed by atoms with Crippen LogP contribution in [0.25, 0.3) is 11.3 Å². The molecule has 0 spiro atoms. The molecule has 1 heterocycles. The molecule has 190 valence electrons. The number of aromatic hydroxyl groups is 1. The van der Waals surface area contributed by atoms with Crippen molar-refractivity contribution in [1.29, 1.82) is 0 Å². The highest BCUT2D eigenvalue weighted by Crippen LogP contribution is 2.39. The number of rotatable bonds is 7. The summed E-state index contributed by atoms with van der Waals surface area (Å²) in [5, 5.41) is 19.1. The first kappa shape index (κ1) is 26.5. The largest absolute Gasteiger partial charge is 0.506 e. The maximum absolute atomic E-state index is 13.3. The van der Waals surface area contributed by atoms with Crippen molar-refractivity contribution in [3.63, 3.8) is 0 Å². The highest BCUT2D eigenvalue weighted by atomic mass is 19.4. The summed E-state index contributed by atoms with van der Waals surface area (Å²) < 4.78 is 50.7. The molecule has 0 aliphatic heterocycles. The Labute approximate surface area is 205 Å². The Balaban J connectivity index is 1.81. The molecule has 0 fully saturated rings. The number of hydrogen-bond donors (Lipinski definition) is 2. The molecule has 0 unspecified atom stereocenters. The number of pyridine rings is 1. The van der Waals surface area contributed by atoms with Gasteiger partial charge in [0.25, 0.3) is 0 Å². The van der Waals surface area contributed by atoms with E-state index in [0.29, 0.717) is 17.3 Å². The topological polar surface area (TPSA) is 106 Å². The molecule has 0 amide bonds. The summed E-state index contributed by atoms with van der Waals surface area (Å²) in [7, 11) is 0. The van der Waals surface area contributed by atoms with Gasteiger partial charge < -0.3 is 19.7 Å². The van der Waals surface area contributed by atoms with Gasteiger partial charge in [0.05, 0.1) is 23.9 Å². The average molecular weight is 503 g/mol. The molecule has 0 saturated carbocycles. The van der Waals surface area contributed by atoms with Crippen molar-refractivity contribution in [3.8, 4) is 22.8 Å². The molecule has 0 radical (unpaired) electrons. The maximum Gasteiger partial charge on any atom is 0.419 e. The molecule has 0 saturated heterocycles. The van der Waals surface area contributed by atoms with E-state index < -0.39 is 40.6 Å². The number of aliphatic carboxylic acids is 1. The molecule has 0 bridgehead atoms. The number of carboxylic acid groups (broad SMARTS) is 1. The first-order valence-corrected chi connectivity index (χ1v) is 10.8. The number of phenolic OH excluding ortho intramolecular Hbond substituents is 1. The van der Waals surface area contributed by atoms with Gasteiger partial charge in [0.2, 0.25) is 0 Å². The minimum atomic E-state index is -4.87. The standard InChI is InChI=1S/C26H24F3NO6/c1-25(2,3)36-24(34)22-17(8-10-19(23(22)33)26(27,28)29)14-35-18-9-11-20(30-13-18)16-6-4-15(5-7-16)12-21(31)32/h4-11,13,33H,12,14H2,1-3H3,(H,31,32). The van der Waals surface area contributed by atoms with E-state index in [1.165, 1.54) is 6.20 Å². The minimum absolute atomic E-state index is 0.00726. The summed E-state index contributed by atoms with van der Waals surface area (Å²) in [5.74, 6) is -2.99. The number of hydrogen-bond acceptors (Lipinski definition) is 6. The molecule has 3 aromatic rings. The lowest BCUT2D eigenvalue weighted by molar-refractivity contribution is -0.139. The Bertz CT molecular complexity index is 1250. The second-order valence-electron chi connectivity index (χ2n) is 8.93. The summed E-state index contributed by atoms with van der Waals surface area (Å²) in [6.45, 7) is 4.33. The lowest BCUT2D eigenvalue weighted by atomic mass is 10.0. The van der Waals surface area contributed by atoms with Gasteiger partial charge in [0, 0.05) is 11.1 Å². The van der Waals surface area contributed by atoms with Gasteiger partial charge in [0.1, 0.15) is 29.3 Å². The highest BCUT2D eigenvalue weighted by molar-refractivity contribution is 5.95. The van der Waals surface area contributed by atoms with Crippen molar-refractivity contribution in [2.24, 2.45) is 0 Å². The van der Waals surface area contributed by atoms with Gasteiger partial charge in [-0.3, -0.25) is 9.78 Å². The van der Waals surface area contributed by atoms with E-state index in [-0.39, 0.29) is 24.3 Å². The van der Waals surface area contributed by atoms with Crippen molar-refractivity contribution >= 4 is 11.9 Å². The van der Waals surface area contributed by atoms with Crippen molar-refractivity contribution in [2.45, 2.75) is 45.6 Å². The summed E-state index contributed by atoms with van der Waals surface area (Å²) in [4.78, 5) is 27.7. The molecular formula is C26H24F3NO6. The number of carbonyl (C=O) groups excluding carboxylic acids is 1. The van der Waals surface area contributed by atoms with E-state index >= 15 is 0 Å². The van der Waals surface area contributed by atoms with Gasteiger partial charge in [-0.25, -0.2) is 4.79 Å². The number of carbonyl (C=O) groups is 2. The third-order valence-electron chi connectivity index (χ3n) is 4.91. The number of carboxylic acids is 1. The molecule has 0 aliphatic carbocycles. The van der Waals surface area contributed by atoms with Gasteiger partial charge in [-0.1, -0.05) is 30.3 Å². The quantitative estimate of drug-likeness (QED) is 0.402. The predicted molar refractivity (Wildman–Crippen MR) is 124 cm³/mol. The fraction of sp³-hybridized carbons (Fsp3) is 0.269. The Morgan fingerprint density at radius 3 is 2.17 bits per heavy atom. The van der Waals surface area contributed by atoms with Gasteiger partial charge in [-0.2, -0.15) is 13.2 Å². The van der Waals surface area contributed by atoms with Crippen molar-refractivity contribution in [1.82, 2.24) is 4.98 Å². The lowest BCUT2D eigenvalue weighted by Crippen LogP contribution is -2.25. The van der Waals surface area contributed by atoms with Crippen LogP contribution in [0.15, 0.2) is 54.7 Å². The van der Waals surface area contributed by atoms with Crippen LogP contribution >= 0.6 is 0 Å². The zero-order chi connectivity index (χ0) is 26.7. The predicted octanol–water partition coefficient (Wildman–Crippen LogP) is 5.63. The zero-order valence-electron chi connectivity index (χ0n) is 19.7. The van der Waals surface area contributed by atoms with E-state index in [1.54, 1.807) is 57.2 Å². The number of nitrogens with zero attached hydrogens (tertiary/aromatic N) is 1. The maximum atomic E-state index is 13.3. The first-order valence-electron chi connectivity index (χ1n) is 10.8. The van der Waals surface area contributed by atoms with Gasteiger partial charge >= 0.3 is 18.1 Å². The van der Waals surface area contributed by atoms with E-state index in [9.17, 15) is 27.9 Å². The van der Waals surface area contributed by atoms with Crippen LogP contribution in [-0.2, 0) is 28.7 Å².